The highest BCUT2D eigenvalue weighted by molar-refractivity contribution is 5.73. The average Bonchev–Trinajstić information content (AvgIpc) is 2.98. The predicted octanol–water partition coefficient (Wildman–Crippen LogP) is 13.1. The fraction of sp³-hybridized carbons (Fsp3) is 0.875. The minimum Gasteiger partial charge on any atom is -0.480 e. The van der Waals surface area contributed by atoms with Gasteiger partial charge in [-0.15, -0.1) is 0 Å². The van der Waals surface area contributed by atoms with Crippen LogP contribution in [-0.4, -0.2) is 36.1 Å². The maximum absolute atomic E-state index is 12.1. The van der Waals surface area contributed by atoms with Crippen LogP contribution in [0.4, 0.5) is 0 Å². The van der Waals surface area contributed by atoms with Crippen LogP contribution in [-0.2, 0) is 4.79 Å². The van der Waals surface area contributed by atoms with E-state index in [9.17, 15) is 9.90 Å². The van der Waals surface area contributed by atoms with Gasteiger partial charge in [-0.1, -0.05) is 160 Å². The second-order valence-electron chi connectivity index (χ2n) is 13.6. The average molecular weight is 604 g/mol. The molecule has 3 nitrogen and oxygen atoms in total. The molecule has 1 N–H and O–H groups in total. The Morgan fingerprint density at radius 3 is 1.05 bits per heavy atom. The van der Waals surface area contributed by atoms with E-state index in [0.717, 1.165) is 12.8 Å². The zero-order valence-corrected chi connectivity index (χ0v) is 29.8. The molecule has 0 rings (SSSR count). The van der Waals surface area contributed by atoms with Crippen molar-refractivity contribution in [2.45, 2.75) is 206 Å². The molecule has 0 aliphatic rings. The van der Waals surface area contributed by atoms with Crippen LogP contribution in [0.3, 0.4) is 0 Å². The van der Waals surface area contributed by atoms with Crippen molar-refractivity contribution in [3.05, 3.63) is 24.3 Å². The molecule has 0 aromatic carbocycles. The summed E-state index contributed by atoms with van der Waals surface area (Å²) in [6.45, 7) is 4.55. The summed E-state index contributed by atoms with van der Waals surface area (Å²) in [5.74, 6) is -0.368. The number of rotatable bonds is 34. The molecule has 43 heavy (non-hydrogen) atoms. The first-order valence-electron chi connectivity index (χ1n) is 19.2. The Kier molecular flexibility index (Phi) is 32.9. The van der Waals surface area contributed by atoms with Gasteiger partial charge in [0.1, 0.15) is 6.04 Å². The van der Waals surface area contributed by atoms with E-state index in [1.54, 1.807) is 0 Å². The van der Waals surface area contributed by atoms with Gasteiger partial charge in [0.25, 0.3) is 0 Å². The number of hydrogen-bond donors (Lipinski definition) is 1. The van der Waals surface area contributed by atoms with Gasteiger partial charge >= 0.3 is 5.97 Å². The van der Waals surface area contributed by atoms with E-state index < -0.39 is 5.97 Å². The van der Waals surface area contributed by atoms with Crippen LogP contribution in [0.25, 0.3) is 0 Å². The number of hydrogen-bond acceptors (Lipinski definition) is 2. The largest absolute Gasteiger partial charge is 0.480 e. The normalized spacial score (nSPS) is 13.5. The highest BCUT2D eigenvalue weighted by Gasteiger charge is 2.29. The Hall–Kier alpha value is -1.09. The van der Waals surface area contributed by atoms with Gasteiger partial charge < -0.3 is 5.11 Å². The first-order valence-corrected chi connectivity index (χ1v) is 19.2. The SMILES string of the molecule is CCCCCCC/C=C/CCCCCCCCCC(CCCCCCCC/C=C/CCCCCCC)C(C(=O)O)N(C)C. The maximum atomic E-state index is 12.1. The topological polar surface area (TPSA) is 40.5 Å². The van der Waals surface area contributed by atoms with E-state index in [0.29, 0.717) is 0 Å². The number of carbonyl (C=O) groups is 1. The first kappa shape index (κ1) is 41.9. The molecule has 0 saturated heterocycles. The Balaban J connectivity index is 3.92. The van der Waals surface area contributed by atoms with E-state index >= 15 is 0 Å². The Bertz CT molecular complexity index is 626. The Morgan fingerprint density at radius 2 is 0.767 bits per heavy atom. The minimum atomic E-state index is -0.644. The molecule has 2 unspecified atom stereocenters. The molecule has 0 amide bonds. The van der Waals surface area contributed by atoms with E-state index in [1.807, 2.05) is 19.0 Å². The molecule has 0 radical (unpaired) electrons. The van der Waals surface area contributed by atoms with Gasteiger partial charge in [-0.05, 0) is 84.2 Å². The zero-order chi connectivity index (χ0) is 31.6. The van der Waals surface area contributed by atoms with Gasteiger partial charge in [-0.25, -0.2) is 0 Å². The molecule has 0 saturated carbocycles. The van der Waals surface area contributed by atoms with Crippen LogP contribution in [0.5, 0.6) is 0 Å². The molecular weight excluding hydrogens is 526 g/mol. The second kappa shape index (κ2) is 33.8. The monoisotopic (exact) mass is 604 g/mol. The minimum absolute atomic E-state index is 0.276. The van der Waals surface area contributed by atoms with Crippen molar-refractivity contribution in [3.63, 3.8) is 0 Å². The molecular formula is C40H77NO2. The molecule has 2 atom stereocenters. The number of carboxylic acid groups (broad SMARTS) is 1. The number of likely N-dealkylation sites (N-methyl/N-ethyl adjacent to an activating group) is 1. The predicted molar refractivity (Wildman–Crippen MR) is 192 cm³/mol. The maximum Gasteiger partial charge on any atom is 0.321 e. The molecule has 3 heteroatoms. The fourth-order valence-corrected chi connectivity index (χ4v) is 6.44. The molecule has 0 aliphatic carbocycles. The van der Waals surface area contributed by atoms with Crippen molar-refractivity contribution in [1.82, 2.24) is 4.90 Å². The van der Waals surface area contributed by atoms with Crippen LogP contribution in [0.15, 0.2) is 24.3 Å². The summed E-state index contributed by atoms with van der Waals surface area (Å²) < 4.78 is 0. The molecule has 0 bridgehead atoms. The molecule has 0 heterocycles. The van der Waals surface area contributed by atoms with Crippen molar-refractivity contribution in [2.24, 2.45) is 5.92 Å². The van der Waals surface area contributed by atoms with Gasteiger partial charge in [0.05, 0.1) is 0 Å². The van der Waals surface area contributed by atoms with Crippen molar-refractivity contribution >= 4 is 5.97 Å². The highest BCUT2D eigenvalue weighted by Crippen LogP contribution is 2.25. The van der Waals surface area contributed by atoms with Crippen LogP contribution < -0.4 is 0 Å². The van der Waals surface area contributed by atoms with Gasteiger partial charge in [0.15, 0.2) is 0 Å². The lowest BCUT2D eigenvalue weighted by Crippen LogP contribution is -2.42. The van der Waals surface area contributed by atoms with Gasteiger partial charge in [0, 0.05) is 0 Å². The molecule has 0 spiro atoms. The lowest BCUT2D eigenvalue weighted by Gasteiger charge is -2.29. The van der Waals surface area contributed by atoms with E-state index in [2.05, 4.69) is 38.2 Å². The summed E-state index contributed by atoms with van der Waals surface area (Å²) in [6, 6.07) is -0.345. The Labute approximate surface area is 270 Å². The van der Waals surface area contributed by atoms with E-state index in [4.69, 9.17) is 0 Å². The molecule has 0 aromatic rings. The van der Waals surface area contributed by atoms with Crippen molar-refractivity contribution in [2.75, 3.05) is 14.1 Å². The fourth-order valence-electron chi connectivity index (χ4n) is 6.44. The van der Waals surface area contributed by atoms with Crippen LogP contribution in [0, 0.1) is 5.92 Å². The van der Waals surface area contributed by atoms with Gasteiger partial charge in [0.2, 0.25) is 0 Å². The lowest BCUT2D eigenvalue weighted by molar-refractivity contribution is -0.144. The smallest absolute Gasteiger partial charge is 0.321 e. The van der Waals surface area contributed by atoms with Crippen molar-refractivity contribution in [1.29, 1.82) is 0 Å². The van der Waals surface area contributed by atoms with Gasteiger partial charge in [-0.2, -0.15) is 0 Å². The summed E-state index contributed by atoms with van der Waals surface area (Å²) in [4.78, 5) is 14.0. The number of carboxylic acids is 1. The van der Waals surface area contributed by atoms with E-state index in [1.165, 1.54) is 173 Å². The molecule has 0 aromatic heterocycles. The lowest BCUT2D eigenvalue weighted by atomic mass is 9.87. The highest BCUT2D eigenvalue weighted by atomic mass is 16.4. The number of nitrogens with zero attached hydrogens (tertiary/aromatic N) is 1. The number of aliphatic carboxylic acids is 1. The standard InChI is InChI=1S/C40H77NO2/c1-5-7-9-11-13-15-17-19-21-23-25-27-29-31-33-35-37-38(39(40(42)43)41(3)4)36-34-32-30-28-26-24-22-20-18-16-14-12-10-8-6-2/h17-20,38-39H,5-16,21-37H2,1-4H3,(H,42,43)/b19-17+,20-18+. The summed E-state index contributed by atoms with van der Waals surface area (Å²) in [5.41, 5.74) is 0. The molecule has 0 aliphatic heterocycles. The first-order chi connectivity index (χ1) is 21.0. The van der Waals surface area contributed by atoms with Crippen LogP contribution >= 0.6 is 0 Å². The summed E-state index contributed by atoms with van der Waals surface area (Å²) in [5, 5.41) is 9.92. The molecule has 0 fully saturated rings. The molecule has 254 valence electrons. The quantitative estimate of drug-likeness (QED) is 0.0587. The summed E-state index contributed by atoms with van der Waals surface area (Å²) in [6.07, 6.45) is 47.2. The van der Waals surface area contributed by atoms with Crippen LogP contribution in [0.2, 0.25) is 0 Å². The van der Waals surface area contributed by atoms with Crippen molar-refractivity contribution < 1.29 is 9.90 Å². The van der Waals surface area contributed by atoms with Crippen molar-refractivity contribution in [3.8, 4) is 0 Å². The van der Waals surface area contributed by atoms with Crippen LogP contribution in [0.1, 0.15) is 200 Å². The summed E-state index contributed by atoms with van der Waals surface area (Å²) >= 11 is 0. The number of unbranched alkanes of at least 4 members (excludes halogenated alkanes) is 23. The van der Waals surface area contributed by atoms with E-state index in [-0.39, 0.29) is 12.0 Å². The third kappa shape index (κ3) is 29.4. The summed E-state index contributed by atoms with van der Waals surface area (Å²) in [7, 11) is 3.88. The van der Waals surface area contributed by atoms with Gasteiger partial charge in [-0.3, -0.25) is 9.69 Å². The third-order valence-electron chi connectivity index (χ3n) is 9.18. The Morgan fingerprint density at radius 1 is 0.488 bits per heavy atom. The zero-order valence-electron chi connectivity index (χ0n) is 29.8. The second-order valence-corrected chi connectivity index (χ2v) is 13.6. The third-order valence-corrected chi connectivity index (χ3v) is 9.18. The number of allylic oxidation sites excluding steroid dienone is 4.